The van der Waals surface area contributed by atoms with Crippen molar-refractivity contribution in [3.63, 3.8) is 0 Å². The van der Waals surface area contributed by atoms with Crippen LogP contribution in [0.4, 0.5) is 10.2 Å². The Hall–Kier alpha value is -2.90. The number of hydrogen-bond acceptors (Lipinski definition) is 4. The maximum absolute atomic E-state index is 12.9. The maximum atomic E-state index is 12.9. The summed E-state index contributed by atoms with van der Waals surface area (Å²) in [5.74, 6) is -0.939. The molecule has 1 aromatic carbocycles. The van der Waals surface area contributed by atoms with E-state index in [0.29, 0.717) is 18.0 Å². The van der Waals surface area contributed by atoms with Gasteiger partial charge in [0.25, 0.3) is 0 Å². The van der Waals surface area contributed by atoms with Gasteiger partial charge < -0.3 is 15.2 Å². The molecule has 0 saturated heterocycles. The molecule has 0 radical (unpaired) electrons. The highest BCUT2D eigenvalue weighted by Gasteiger charge is 2.07. The van der Waals surface area contributed by atoms with Crippen LogP contribution in [0.3, 0.4) is 0 Å². The van der Waals surface area contributed by atoms with Crippen LogP contribution in [0.15, 0.2) is 36.5 Å². The number of aliphatic carboxylic acids is 1. The van der Waals surface area contributed by atoms with E-state index in [9.17, 15) is 14.0 Å². The van der Waals surface area contributed by atoms with Crippen LogP contribution in [0.5, 0.6) is 5.75 Å². The van der Waals surface area contributed by atoms with E-state index < -0.39 is 5.97 Å². The van der Waals surface area contributed by atoms with E-state index in [1.165, 1.54) is 29.1 Å². The molecule has 7 nitrogen and oxygen atoms in total. The lowest BCUT2D eigenvalue weighted by atomic mass is 10.3. The van der Waals surface area contributed by atoms with Gasteiger partial charge in [-0.1, -0.05) is 6.07 Å². The van der Waals surface area contributed by atoms with Crippen molar-refractivity contribution in [3.05, 3.63) is 42.3 Å². The molecule has 2 N–H and O–H groups in total. The lowest BCUT2D eigenvalue weighted by Crippen LogP contribution is -2.14. The van der Waals surface area contributed by atoms with E-state index in [2.05, 4.69) is 10.4 Å². The predicted octanol–water partition coefficient (Wildman–Crippen LogP) is 1.90. The normalized spacial score (nSPS) is 10.3. The monoisotopic (exact) mass is 321 g/mol. The van der Waals surface area contributed by atoms with Crippen LogP contribution in [0, 0.1) is 5.82 Å². The van der Waals surface area contributed by atoms with Gasteiger partial charge in [0.05, 0.1) is 6.61 Å². The summed E-state index contributed by atoms with van der Waals surface area (Å²) in [6.45, 7) is 0.0155. The Morgan fingerprint density at radius 2 is 2.17 bits per heavy atom. The van der Waals surface area contributed by atoms with Crippen molar-refractivity contribution in [1.82, 2.24) is 9.78 Å². The number of carbonyl (C=O) groups is 2. The Labute approximate surface area is 131 Å². The molecule has 0 aliphatic carbocycles. The molecule has 0 aliphatic heterocycles. The molecule has 1 heterocycles. The predicted molar refractivity (Wildman–Crippen MR) is 79.6 cm³/mol. The summed E-state index contributed by atoms with van der Waals surface area (Å²) in [5, 5.41) is 15.1. The molecule has 8 heteroatoms. The Balaban J connectivity index is 1.69. The van der Waals surface area contributed by atoms with Gasteiger partial charge in [0.15, 0.2) is 5.82 Å². The third kappa shape index (κ3) is 5.77. The fourth-order valence-electron chi connectivity index (χ4n) is 1.84. The fourth-order valence-corrected chi connectivity index (χ4v) is 1.84. The first-order chi connectivity index (χ1) is 11.0. The van der Waals surface area contributed by atoms with Crippen LogP contribution in [-0.4, -0.2) is 33.4 Å². The van der Waals surface area contributed by atoms with Crippen LogP contribution in [0.2, 0.25) is 0 Å². The number of anilines is 1. The molecule has 0 fully saturated rings. The first-order valence-corrected chi connectivity index (χ1v) is 6.96. The summed E-state index contributed by atoms with van der Waals surface area (Å²) in [4.78, 5) is 22.2. The second-order valence-electron chi connectivity index (χ2n) is 4.75. The molecule has 1 amide bonds. The lowest BCUT2D eigenvalue weighted by Gasteiger charge is -2.06. The Bertz CT molecular complexity index is 687. The van der Waals surface area contributed by atoms with Gasteiger partial charge in [-0.3, -0.25) is 14.3 Å². The highest BCUT2D eigenvalue weighted by molar-refractivity contribution is 5.89. The van der Waals surface area contributed by atoms with E-state index in [4.69, 9.17) is 9.84 Å². The Kier molecular flexibility index (Phi) is 5.67. The molecule has 0 atom stereocenters. The summed E-state index contributed by atoms with van der Waals surface area (Å²) in [6, 6.07) is 7.30. The van der Waals surface area contributed by atoms with Crippen molar-refractivity contribution in [2.75, 3.05) is 11.9 Å². The first-order valence-electron chi connectivity index (χ1n) is 6.96. The second kappa shape index (κ2) is 7.92. The summed E-state index contributed by atoms with van der Waals surface area (Å²) >= 11 is 0. The number of hydrogen-bond donors (Lipinski definition) is 2. The van der Waals surface area contributed by atoms with E-state index in [-0.39, 0.29) is 31.3 Å². The SMILES string of the molecule is O=C(O)Cn1ccc(NC(=O)CCCOc2cccc(F)c2)n1. The molecule has 2 aromatic rings. The van der Waals surface area contributed by atoms with Gasteiger partial charge >= 0.3 is 5.97 Å². The van der Waals surface area contributed by atoms with E-state index in [1.807, 2.05) is 0 Å². The number of carbonyl (C=O) groups excluding carboxylic acids is 1. The average molecular weight is 321 g/mol. The minimum absolute atomic E-state index is 0.209. The molecular formula is C15H16FN3O4. The highest BCUT2D eigenvalue weighted by atomic mass is 19.1. The Morgan fingerprint density at radius 3 is 2.91 bits per heavy atom. The van der Waals surface area contributed by atoms with Crippen molar-refractivity contribution in [2.24, 2.45) is 0 Å². The van der Waals surface area contributed by atoms with Gasteiger partial charge in [0.2, 0.25) is 5.91 Å². The molecule has 0 saturated carbocycles. The van der Waals surface area contributed by atoms with Crippen LogP contribution < -0.4 is 10.1 Å². The van der Waals surface area contributed by atoms with Crippen molar-refractivity contribution < 1.29 is 23.8 Å². The standard InChI is InChI=1S/C15H16FN3O4/c16-11-3-1-4-12(9-11)23-8-2-5-14(20)17-13-6-7-19(18-13)10-15(21)22/h1,3-4,6-7,9H,2,5,8,10H2,(H,21,22)(H,17,18,20). The Morgan fingerprint density at radius 1 is 1.35 bits per heavy atom. The smallest absolute Gasteiger partial charge is 0.325 e. The summed E-state index contributed by atoms with van der Waals surface area (Å²) in [5.41, 5.74) is 0. The number of nitrogens with zero attached hydrogens (tertiary/aromatic N) is 2. The minimum atomic E-state index is -1.01. The molecule has 2 rings (SSSR count). The zero-order valence-corrected chi connectivity index (χ0v) is 12.2. The largest absolute Gasteiger partial charge is 0.493 e. The lowest BCUT2D eigenvalue weighted by molar-refractivity contribution is -0.137. The number of carboxylic acid groups (broad SMARTS) is 1. The topological polar surface area (TPSA) is 93.5 Å². The highest BCUT2D eigenvalue weighted by Crippen LogP contribution is 2.12. The van der Waals surface area contributed by atoms with Gasteiger partial charge in [0, 0.05) is 24.8 Å². The third-order valence-corrected chi connectivity index (χ3v) is 2.82. The quantitative estimate of drug-likeness (QED) is 0.724. The first kappa shape index (κ1) is 16.5. The number of benzene rings is 1. The summed E-state index contributed by atoms with van der Waals surface area (Å²) in [7, 11) is 0. The number of amides is 1. The van der Waals surface area contributed by atoms with Crippen molar-refractivity contribution in [1.29, 1.82) is 0 Å². The van der Waals surface area contributed by atoms with Gasteiger partial charge in [-0.15, -0.1) is 0 Å². The van der Waals surface area contributed by atoms with E-state index >= 15 is 0 Å². The fraction of sp³-hybridized carbons (Fsp3) is 0.267. The molecular weight excluding hydrogens is 305 g/mol. The minimum Gasteiger partial charge on any atom is -0.493 e. The van der Waals surface area contributed by atoms with Gasteiger partial charge in [0.1, 0.15) is 18.1 Å². The molecule has 0 aliphatic rings. The molecule has 122 valence electrons. The zero-order valence-electron chi connectivity index (χ0n) is 12.2. The van der Waals surface area contributed by atoms with Crippen molar-refractivity contribution >= 4 is 17.7 Å². The van der Waals surface area contributed by atoms with E-state index in [0.717, 1.165) is 0 Å². The van der Waals surface area contributed by atoms with Gasteiger partial charge in [-0.2, -0.15) is 5.10 Å². The summed E-state index contributed by atoms with van der Waals surface area (Å²) < 4.78 is 19.5. The zero-order chi connectivity index (χ0) is 16.7. The maximum Gasteiger partial charge on any atom is 0.325 e. The number of rotatable bonds is 8. The number of ether oxygens (including phenoxy) is 1. The molecule has 0 bridgehead atoms. The van der Waals surface area contributed by atoms with Crippen LogP contribution in [0.25, 0.3) is 0 Å². The van der Waals surface area contributed by atoms with Crippen molar-refractivity contribution in [3.8, 4) is 5.75 Å². The number of nitrogens with one attached hydrogen (secondary N) is 1. The van der Waals surface area contributed by atoms with Crippen molar-refractivity contribution in [2.45, 2.75) is 19.4 Å². The average Bonchev–Trinajstić information content (AvgIpc) is 2.90. The van der Waals surface area contributed by atoms with Crippen LogP contribution in [0.1, 0.15) is 12.8 Å². The van der Waals surface area contributed by atoms with E-state index in [1.54, 1.807) is 12.1 Å². The van der Waals surface area contributed by atoms with Gasteiger partial charge in [-0.05, 0) is 18.6 Å². The molecule has 23 heavy (non-hydrogen) atoms. The van der Waals surface area contributed by atoms with Crippen LogP contribution in [-0.2, 0) is 16.1 Å². The van der Waals surface area contributed by atoms with Crippen LogP contribution >= 0.6 is 0 Å². The third-order valence-electron chi connectivity index (χ3n) is 2.82. The molecule has 1 aromatic heterocycles. The molecule has 0 spiro atoms. The van der Waals surface area contributed by atoms with Gasteiger partial charge in [-0.25, -0.2) is 4.39 Å². The number of carboxylic acids is 1. The number of aromatic nitrogens is 2. The number of halogens is 1. The second-order valence-corrected chi connectivity index (χ2v) is 4.75. The summed E-state index contributed by atoms with van der Waals surface area (Å²) in [6.07, 6.45) is 2.14. The molecule has 0 unspecified atom stereocenters.